The number of nitrogens with one attached hydrogen (secondary N) is 3. The average Bonchev–Trinajstić information content (AvgIpc) is 2.60. The summed E-state index contributed by atoms with van der Waals surface area (Å²) in [5.74, 6) is 0.350. The third-order valence-electron chi connectivity index (χ3n) is 3.76. The van der Waals surface area contributed by atoms with E-state index in [4.69, 9.17) is 4.74 Å². The van der Waals surface area contributed by atoms with Gasteiger partial charge in [0, 0.05) is 32.1 Å². The number of carbonyl (C=O) groups excluding carboxylic acids is 1. The van der Waals surface area contributed by atoms with Gasteiger partial charge in [-0.2, -0.15) is 0 Å². The molecule has 5 heteroatoms. The fraction of sp³-hybridized carbons (Fsp3) is 0.476. The average molecular weight is 360 g/mol. The highest BCUT2D eigenvalue weighted by Crippen LogP contribution is 2.21. The monoisotopic (exact) mass is 359 g/mol. The van der Waals surface area contributed by atoms with E-state index in [1.807, 2.05) is 31.3 Å². The lowest BCUT2D eigenvalue weighted by Crippen LogP contribution is -2.20. The largest absolute Gasteiger partial charge is 0.391 e. The maximum absolute atomic E-state index is 12.2. The zero-order chi connectivity index (χ0) is 19.5. The molecule has 0 bridgehead atoms. The van der Waals surface area contributed by atoms with Crippen LogP contribution in [0.2, 0.25) is 0 Å². The number of anilines is 1. The van der Waals surface area contributed by atoms with E-state index in [1.54, 1.807) is 7.05 Å². The number of ether oxygens (including phenoxy) is 1. The first-order valence-corrected chi connectivity index (χ1v) is 9.18. The van der Waals surface area contributed by atoms with Gasteiger partial charge in [0.15, 0.2) is 0 Å². The lowest BCUT2D eigenvalue weighted by Gasteiger charge is -2.15. The SMILES string of the molecule is C=C(/C=C(\CCC)NC)Nc1cc(COCC(C)C)ccc1C(=O)NC. The van der Waals surface area contributed by atoms with Crippen molar-refractivity contribution in [2.75, 3.05) is 26.0 Å². The van der Waals surface area contributed by atoms with Crippen LogP contribution in [0.1, 0.15) is 49.5 Å². The normalized spacial score (nSPS) is 11.4. The van der Waals surface area contributed by atoms with Gasteiger partial charge in [-0.3, -0.25) is 4.79 Å². The molecule has 5 nitrogen and oxygen atoms in total. The van der Waals surface area contributed by atoms with Crippen LogP contribution in [0.5, 0.6) is 0 Å². The smallest absolute Gasteiger partial charge is 0.253 e. The van der Waals surface area contributed by atoms with Crippen molar-refractivity contribution in [1.82, 2.24) is 10.6 Å². The second-order valence-corrected chi connectivity index (χ2v) is 6.69. The van der Waals surface area contributed by atoms with Crippen molar-refractivity contribution in [3.05, 3.63) is 53.4 Å². The van der Waals surface area contributed by atoms with Gasteiger partial charge < -0.3 is 20.7 Å². The molecule has 0 aliphatic heterocycles. The summed E-state index contributed by atoms with van der Waals surface area (Å²) >= 11 is 0. The number of amides is 1. The number of hydrogen-bond donors (Lipinski definition) is 3. The third-order valence-corrected chi connectivity index (χ3v) is 3.76. The Morgan fingerprint density at radius 2 is 2.00 bits per heavy atom. The van der Waals surface area contributed by atoms with Gasteiger partial charge >= 0.3 is 0 Å². The van der Waals surface area contributed by atoms with E-state index >= 15 is 0 Å². The predicted molar refractivity (Wildman–Crippen MR) is 109 cm³/mol. The van der Waals surface area contributed by atoms with Crippen molar-refractivity contribution in [3.8, 4) is 0 Å². The molecule has 0 unspecified atom stereocenters. The van der Waals surface area contributed by atoms with Crippen LogP contribution in [-0.2, 0) is 11.3 Å². The summed E-state index contributed by atoms with van der Waals surface area (Å²) < 4.78 is 5.71. The molecule has 0 saturated heterocycles. The van der Waals surface area contributed by atoms with Crippen LogP contribution in [0.15, 0.2) is 42.2 Å². The number of allylic oxidation sites excluding steroid dienone is 2. The first-order valence-electron chi connectivity index (χ1n) is 9.18. The minimum atomic E-state index is -0.138. The van der Waals surface area contributed by atoms with Crippen LogP contribution in [0.4, 0.5) is 5.69 Å². The molecule has 1 amide bonds. The van der Waals surface area contributed by atoms with Crippen LogP contribution in [0.25, 0.3) is 0 Å². The van der Waals surface area contributed by atoms with Gasteiger partial charge in [-0.25, -0.2) is 0 Å². The van der Waals surface area contributed by atoms with Crippen molar-refractivity contribution in [2.45, 2.75) is 40.2 Å². The van der Waals surface area contributed by atoms with Crippen LogP contribution < -0.4 is 16.0 Å². The molecule has 0 heterocycles. The maximum atomic E-state index is 12.2. The van der Waals surface area contributed by atoms with Crippen LogP contribution in [0.3, 0.4) is 0 Å². The number of carbonyl (C=O) groups is 1. The van der Waals surface area contributed by atoms with Gasteiger partial charge in [0.2, 0.25) is 0 Å². The highest BCUT2D eigenvalue weighted by atomic mass is 16.5. The van der Waals surface area contributed by atoms with E-state index in [1.165, 1.54) is 0 Å². The molecule has 0 atom stereocenters. The third kappa shape index (κ3) is 7.31. The fourth-order valence-electron chi connectivity index (χ4n) is 2.49. The maximum Gasteiger partial charge on any atom is 0.253 e. The number of hydrogen-bond acceptors (Lipinski definition) is 4. The van der Waals surface area contributed by atoms with Crippen LogP contribution >= 0.6 is 0 Å². The molecule has 0 aliphatic rings. The van der Waals surface area contributed by atoms with Gasteiger partial charge in [0.05, 0.1) is 17.9 Å². The summed E-state index contributed by atoms with van der Waals surface area (Å²) in [6.45, 7) is 11.7. The van der Waals surface area contributed by atoms with Gasteiger partial charge in [0.1, 0.15) is 0 Å². The molecule has 26 heavy (non-hydrogen) atoms. The van der Waals surface area contributed by atoms with Crippen LogP contribution in [0, 0.1) is 5.92 Å². The van der Waals surface area contributed by atoms with Gasteiger partial charge in [-0.05, 0) is 36.1 Å². The van der Waals surface area contributed by atoms with Gasteiger partial charge in [-0.15, -0.1) is 0 Å². The second-order valence-electron chi connectivity index (χ2n) is 6.69. The van der Waals surface area contributed by atoms with Crippen molar-refractivity contribution in [2.24, 2.45) is 5.92 Å². The summed E-state index contributed by atoms with van der Waals surface area (Å²) in [5.41, 5.74) is 4.15. The van der Waals surface area contributed by atoms with E-state index in [9.17, 15) is 4.79 Å². The molecule has 144 valence electrons. The molecular weight excluding hydrogens is 326 g/mol. The van der Waals surface area contributed by atoms with Gasteiger partial charge in [-0.1, -0.05) is 39.8 Å². The highest BCUT2D eigenvalue weighted by molar-refractivity contribution is 5.99. The Labute approximate surface area is 157 Å². The van der Waals surface area contributed by atoms with E-state index in [0.717, 1.165) is 35.5 Å². The predicted octanol–water partition coefficient (Wildman–Crippen LogP) is 4.05. The number of rotatable bonds is 11. The molecule has 1 rings (SSSR count). The van der Waals surface area contributed by atoms with E-state index in [2.05, 4.69) is 43.3 Å². The molecule has 0 fully saturated rings. The van der Waals surface area contributed by atoms with Crippen molar-refractivity contribution < 1.29 is 9.53 Å². The van der Waals surface area contributed by atoms with Crippen molar-refractivity contribution in [1.29, 1.82) is 0 Å². The van der Waals surface area contributed by atoms with E-state index < -0.39 is 0 Å². The summed E-state index contributed by atoms with van der Waals surface area (Å²) in [7, 11) is 3.53. The highest BCUT2D eigenvalue weighted by Gasteiger charge is 2.11. The number of benzene rings is 1. The molecule has 3 N–H and O–H groups in total. The molecular formula is C21H33N3O2. The zero-order valence-corrected chi connectivity index (χ0v) is 16.7. The standard InChI is InChI=1S/C21H33N3O2/c1-7-8-18(22-5)11-16(4)24-20-12-17(14-26-13-15(2)3)9-10-19(20)21(25)23-6/h9-12,15,22,24H,4,7-8,13-14H2,1-3,5-6H3,(H,23,25)/b18-11+. The minimum absolute atomic E-state index is 0.138. The lowest BCUT2D eigenvalue weighted by molar-refractivity contribution is 0.0958. The molecule has 1 aromatic rings. The fourth-order valence-corrected chi connectivity index (χ4v) is 2.49. The summed E-state index contributed by atoms with van der Waals surface area (Å²) in [6, 6.07) is 5.69. The summed E-state index contributed by atoms with van der Waals surface area (Å²) in [5, 5.41) is 9.12. The molecule has 0 aromatic heterocycles. The Bertz CT molecular complexity index is 636. The van der Waals surface area contributed by atoms with E-state index in [0.29, 0.717) is 24.7 Å². The lowest BCUT2D eigenvalue weighted by atomic mass is 10.1. The second kappa shape index (κ2) is 11.4. The minimum Gasteiger partial charge on any atom is -0.391 e. The van der Waals surface area contributed by atoms with Crippen molar-refractivity contribution in [3.63, 3.8) is 0 Å². The molecule has 0 spiro atoms. The zero-order valence-electron chi connectivity index (χ0n) is 16.7. The first-order chi connectivity index (χ1) is 12.4. The first kappa shape index (κ1) is 21.8. The Balaban J connectivity index is 3.00. The van der Waals surface area contributed by atoms with Gasteiger partial charge in [0.25, 0.3) is 5.91 Å². The molecule has 0 radical (unpaired) electrons. The molecule has 1 aromatic carbocycles. The molecule has 0 saturated carbocycles. The summed E-state index contributed by atoms with van der Waals surface area (Å²) in [6.07, 6.45) is 3.97. The Hall–Kier alpha value is -2.27. The molecule has 0 aliphatic carbocycles. The Morgan fingerprint density at radius 1 is 1.27 bits per heavy atom. The Morgan fingerprint density at radius 3 is 2.58 bits per heavy atom. The quantitative estimate of drug-likeness (QED) is 0.522. The van der Waals surface area contributed by atoms with Crippen molar-refractivity contribution >= 4 is 11.6 Å². The van der Waals surface area contributed by atoms with Crippen LogP contribution in [-0.4, -0.2) is 26.6 Å². The topological polar surface area (TPSA) is 62.4 Å². The Kier molecular flexibility index (Phi) is 9.52. The van der Waals surface area contributed by atoms with E-state index in [-0.39, 0.29) is 5.91 Å². The summed E-state index contributed by atoms with van der Waals surface area (Å²) in [4.78, 5) is 12.2.